The highest BCUT2D eigenvalue weighted by Crippen LogP contribution is 2.58. The average molecular weight is 888 g/mol. The van der Waals surface area contributed by atoms with E-state index in [-0.39, 0.29) is 42.7 Å². The Bertz CT molecular complexity index is 2770. The van der Waals surface area contributed by atoms with Gasteiger partial charge in [0.05, 0.1) is 51.5 Å². The molecular weight excluding hydrogens is 838 g/mol. The molecule has 4 aromatic carbocycles. The molecule has 1 N–H and O–H groups in total. The predicted octanol–water partition coefficient (Wildman–Crippen LogP) is 7.92. The molecule has 5 atom stereocenters. The van der Waals surface area contributed by atoms with Gasteiger partial charge in [0.15, 0.2) is 17.4 Å². The van der Waals surface area contributed by atoms with Gasteiger partial charge in [-0.2, -0.15) is 5.26 Å². The van der Waals surface area contributed by atoms with Crippen molar-refractivity contribution in [1.82, 2.24) is 39.2 Å². The maximum absolute atomic E-state index is 15.6. The summed E-state index contributed by atoms with van der Waals surface area (Å²) in [7, 11) is -1.03. The smallest absolute Gasteiger partial charge is 0.409 e. The summed E-state index contributed by atoms with van der Waals surface area (Å²) in [5, 5.41) is 18.8. The number of ether oxygens (including phenoxy) is 4. The van der Waals surface area contributed by atoms with Crippen LogP contribution in [0.5, 0.6) is 11.5 Å². The van der Waals surface area contributed by atoms with Crippen LogP contribution in [0.4, 0.5) is 0 Å². The fourth-order valence-electron chi connectivity index (χ4n) is 8.50. The van der Waals surface area contributed by atoms with Crippen molar-refractivity contribution in [3.63, 3.8) is 0 Å². The first-order valence-electron chi connectivity index (χ1n) is 21.0. The van der Waals surface area contributed by atoms with Crippen LogP contribution < -0.4 is 15.0 Å². The Morgan fingerprint density at radius 1 is 0.891 bits per heavy atom. The third-order valence-electron chi connectivity index (χ3n) is 11.2. The first kappa shape index (κ1) is 44.4. The molecule has 1 saturated heterocycles. The number of benzene rings is 4. The van der Waals surface area contributed by atoms with Crippen molar-refractivity contribution in [2.24, 2.45) is 0 Å². The van der Waals surface area contributed by atoms with Crippen LogP contribution in [0.15, 0.2) is 121 Å². The van der Waals surface area contributed by atoms with Crippen LogP contribution in [0, 0.1) is 11.3 Å². The highest BCUT2D eigenvalue weighted by Gasteiger charge is 2.53. The third-order valence-corrected chi connectivity index (χ3v) is 13.8. The van der Waals surface area contributed by atoms with Gasteiger partial charge in [0, 0.05) is 18.5 Å². The van der Waals surface area contributed by atoms with E-state index in [1.807, 2.05) is 131 Å². The second kappa shape index (κ2) is 18.8. The number of fused-ring (bicyclic) bond motifs is 2. The lowest BCUT2D eigenvalue weighted by Crippen LogP contribution is -2.44. The van der Waals surface area contributed by atoms with Crippen molar-refractivity contribution in [1.29, 1.82) is 5.26 Å². The summed E-state index contributed by atoms with van der Waals surface area (Å²) in [6, 6.07) is 34.0. The fourth-order valence-corrected chi connectivity index (χ4v) is 10.8. The van der Waals surface area contributed by atoms with E-state index >= 15 is 4.57 Å². The van der Waals surface area contributed by atoms with Gasteiger partial charge in [0.2, 0.25) is 0 Å². The Morgan fingerprint density at radius 2 is 1.52 bits per heavy atom. The third kappa shape index (κ3) is 8.44. The van der Waals surface area contributed by atoms with E-state index < -0.39 is 43.6 Å². The van der Waals surface area contributed by atoms with Crippen LogP contribution in [-0.4, -0.2) is 84.3 Å². The number of aromatic nitrogens is 7. The normalized spacial score (nSPS) is 18.2. The molecule has 1 aliphatic heterocycles. The van der Waals surface area contributed by atoms with Crippen LogP contribution in [0.1, 0.15) is 69.7 Å². The Labute approximate surface area is 370 Å². The summed E-state index contributed by atoms with van der Waals surface area (Å²) in [6.45, 7) is 7.47. The van der Waals surface area contributed by atoms with E-state index in [2.05, 4.69) is 26.1 Å². The van der Waals surface area contributed by atoms with Gasteiger partial charge in [-0.25, -0.2) is 23.9 Å². The predicted molar refractivity (Wildman–Crippen MR) is 237 cm³/mol. The van der Waals surface area contributed by atoms with Crippen molar-refractivity contribution in [3.8, 4) is 17.6 Å². The van der Waals surface area contributed by atoms with Gasteiger partial charge in [-0.15, -0.1) is 5.10 Å². The molecule has 0 radical (unpaired) electrons. The van der Waals surface area contributed by atoms with Gasteiger partial charge in [-0.05, 0) is 80.8 Å². The maximum Gasteiger partial charge on any atom is 0.409 e. The van der Waals surface area contributed by atoms with Gasteiger partial charge in [-0.1, -0.05) is 71.9 Å². The van der Waals surface area contributed by atoms with Crippen LogP contribution in [0.3, 0.4) is 0 Å². The molecule has 18 heteroatoms. The maximum atomic E-state index is 15.6. The Kier molecular flexibility index (Phi) is 13.1. The van der Waals surface area contributed by atoms with Crippen molar-refractivity contribution >= 4 is 29.9 Å². The van der Waals surface area contributed by atoms with Crippen LogP contribution in [0.25, 0.3) is 22.2 Å². The number of hydrogen-bond acceptors (Lipinski definition) is 13. The first-order valence-corrected chi connectivity index (χ1v) is 22.5. The van der Waals surface area contributed by atoms with E-state index in [4.69, 9.17) is 33.2 Å². The topological polar surface area (TPSA) is 194 Å². The molecule has 64 heavy (non-hydrogen) atoms. The summed E-state index contributed by atoms with van der Waals surface area (Å²) in [4.78, 5) is 24.3. The first-order chi connectivity index (χ1) is 31.0. The standard InChI is InChI=1S/C46H50N9O8P/c1-30(2)55(31(3)4)64(57,60-26-12-25-47)63-39-27-40(53-29-50-41-43(53)48-28-49-44(41)56)61-42(39)45(54-38-16-11-10-15-37(38)51-52-54)62-46(32-13-8-7-9-14-32,33-17-21-35(58-5)22-18-33)34-19-23-36(59-6)24-20-34/h7-11,13-24,28-31,39-40,42,45H,12,26-27H2,1-6H3,(H,48,49,56)/t39-,40+,42-,45?,64?/m0/s1. The number of rotatable bonds is 18. The molecule has 0 bridgehead atoms. The number of nitrogens with zero attached hydrogens (tertiary/aromatic N) is 8. The van der Waals surface area contributed by atoms with Crippen molar-refractivity contribution in [2.75, 3.05) is 20.8 Å². The molecule has 332 valence electrons. The summed E-state index contributed by atoms with van der Waals surface area (Å²) < 4.78 is 59.9. The quantitative estimate of drug-likeness (QED) is 0.0496. The molecule has 17 nitrogen and oxygen atoms in total. The molecule has 0 amide bonds. The summed E-state index contributed by atoms with van der Waals surface area (Å²) in [5.74, 6) is 1.28. The van der Waals surface area contributed by atoms with Crippen LogP contribution >= 0.6 is 7.75 Å². The number of methoxy groups -OCH3 is 2. The van der Waals surface area contributed by atoms with Crippen LogP contribution in [-0.2, 0) is 28.7 Å². The number of para-hydroxylation sites is 1. The van der Waals surface area contributed by atoms with Gasteiger partial charge in [-0.3, -0.25) is 18.4 Å². The van der Waals surface area contributed by atoms with Gasteiger partial charge < -0.3 is 23.9 Å². The highest BCUT2D eigenvalue weighted by molar-refractivity contribution is 7.51. The molecular formula is C46H50N9O8P. The number of nitrogens with one attached hydrogen (secondary N) is 1. The zero-order chi connectivity index (χ0) is 45.0. The van der Waals surface area contributed by atoms with Gasteiger partial charge in [0.1, 0.15) is 41.1 Å². The SMILES string of the molecule is COc1ccc(C(OC([C@H]2O[C@@H](n3cnc4c(=O)[nH]cnc43)C[C@@H]2OP(=O)(OCCC#N)N(C(C)C)C(C)C)n2nnc3ccccc32)(c2ccccc2)c2ccc(OC)cc2)cc1. The lowest BCUT2D eigenvalue weighted by Gasteiger charge is -2.42. The molecule has 8 rings (SSSR count). The number of H-pyrrole nitrogens is 1. The minimum atomic E-state index is -4.25. The monoisotopic (exact) mass is 887 g/mol. The lowest BCUT2D eigenvalue weighted by atomic mass is 9.79. The van der Waals surface area contributed by atoms with E-state index in [0.717, 1.165) is 16.7 Å². The number of nitriles is 1. The van der Waals surface area contributed by atoms with E-state index in [9.17, 15) is 10.1 Å². The zero-order valence-corrected chi connectivity index (χ0v) is 37.2. The summed E-state index contributed by atoms with van der Waals surface area (Å²) in [6.07, 6.45) is -1.47. The number of aromatic amines is 1. The minimum Gasteiger partial charge on any atom is -0.497 e. The molecule has 3 aromatic heterocycles. The average Bonchev–Trinajstić information content (AvgIpc) is 4.05. The van der Waals surface area contributed by atoms with E-state index in [0.29, 0.717) is 22.5 Å². The van der Waals surface area contributed by atoms with Gasteiger partial charge in [0.25, 0.3) is 5.56 Å². The minimum absolute atomic E-state index is 0.0220. The largest absolute Gasteiger partial charge is 0.497 e. The number of imidazole rings is 1. The zero-order valence-electron chi connectivity index (χ0n) is 36.3. The molecule has 1 fully saturated rings. The summed E-state index contributed by atoms with van der Waals surface area (Å²) in [5.41, 5.74) is 1.95. The second-order valence-corrected chi connectivity index (χ2v) is 17.7. The van der Waals surface area contributed by atoms with Crippen LogP contribution in [0.2, 0.25) is 0 Å². The van der Waals surface area contributed by atoms with Gasteiger partial charge >= 0.3 is 7.75 Å². The highest BCUT2D eigenvalue weighted by atomic mass is 31.2. The second-order valence-electron chi connectivity index (χ2n) is 15.8. The van der Waals surface area contributed by atoms with Crippen molar-refractivity contribution in [3.05, 3.63) is 143 Å². The Hall–Kier alpha value is -6.25. The van der Waals surface area contributed by atoms with Crippen molar-refractivity contribution < 1.29 is 32.6 Å². The number of hydrogen-bond donors (Lipinski definition) is 1. The fraction of sp³-hybridized carbons (Fsp3) is 0.348. The van der Waals surface area contributed by atoms with E-state index in [1.165, 1.54) is 12.7 Å². The Balaban J connectivity index is 1.38. The molecule has 2 unspecified atom stereocenters. The Morgan fingerprint density at radius 3 is 2.14 bits per heavy atom. The summed E-state index contributed by atoms with van der Waals surface area (Å²) >= 11 is 0. The molecule has 4 heterocycles. The van der Waals surface area contributed by atoms with E-state index in [1.54, 1.807) is 28.1 Å². The molecule has 0 saturated carbocycles. The molecule has 7 aromatic rings. The van der Waals surface area contributed by atoms with Crippen molar-refractivity contribution in [2.45, 2.75) is 82.9 Å². The lowest BCUT2D eigenvalue weighted by molar-refractivity contribution is -0.177. The molecule has 1 aliphatic rings. The molecule has 0 spiro atoms. The molecule has 0 aliphatic carbocycles.